The van der Waals surface area contributed by atoms with Crippen molar-refractivity contribution in [3.8, 4) is 5.75 Å². The molecule has 1 heterocycles. The van der Waals surface area contributed by atoms with E-state index < -0.39 is 21.0 Å². The van der Waals surface area contributed by atoms with Crippen molar-refractivity contribution in [1.82, 2.24) is 10.2 Å². The molecular formula is C17H26N2O4S. The second-order valence-electron chi connectivity index (χ2n) is 6.25. The number of nitrogens with zero attached hydrogens (tertiary/aromatic N) is 1. The summed E-state index contributed by atoms with van der Waals surface area (Å²) in [5.41, 5.74) is 1.09. The van der Waals surface area contributed by atoms with E-state index in [0.717, 1.165) is 43.5 Å². The van der Waals surface area contributed by atoms with Gasteiger partial charge in [0, 0.05) is 12.8 Å². The number of amides is 1. The lowest BCUT2D eigenvalue weighted by Gasteiger charge is -2.28. The lowest BCUT2D eigenvalue weighted by atomic mass is 10.1. The summed E-state index contributed by atoms with van der Waals surface area (Å²) in [5.74, 6) is 0.337. The van der Waals surface area contributed by atoms with E-state index in [2.05, 4.69) is 10.2 Å². The molecule has 1 aromatic rings. The third-order valence-corrected chi connectivity index (χ3v) is 6.06. The van der Waals surface area contributed by atoms with Gasteiger partial charge in [0.2, 0.25) is 5.91 Å². The van der Waals surface area contributed by atoms with Crippen LogP contribution in [-0.4, -0.2) is 57.5 Å². The number of methoxy groups -OCH3 is 1. The summed E-state index contributed by atoms with van der Waals surface area (Å²) in [6.07, 6.45) is 3.36. The molecule has 0 saturated carbocycles. The third kappa shape index (κ3) is 4.70. The number of benzene rings is 1. The number of likely N-dealkylation sites (tertiary alicyclic amines) is 1. The number of carbonyl (C=O) groups is 1. The highest BCUT2D eigenvalue weighted by atomic mass is 32.2. The van der Waals surface area contributed by atoms with Crippen LogP contribution in [0.4, 0.5) is 0 Å². The highest BCUT2D eigenvalue weighted by Gasteiger charge is 2.27. The number of rotatable bonds is 7. The number of sulfone groups is 1. The minimum Gasteiger partial charge on any atom is -0.497 e. The Morgan fingerprint density at radius 1 is 1.25 bits per heavy atom. The van der Waals surface area contributed by atoms with Crippen molar-refractivity contribution in [2.45, 2.75) is 31.1 Å². The fraction of sp³-hybridized carbons (Fsp3) is 0.588. The Morgan fingerprint density at radius 3 is 2.33 bits per heavy atom. The van der Waals surface area contributed by atoms with Gasteiger partial charge in [-0.15, -0.1) is 0 Å². The van der Waals surface area contributed by atoms with Crippen LogP contribution in [0.2, 0.25) is 0 Å². The molecule has 1 aliphatic heterocycles. The Hall–Kier alpha value is -1.60. The smallest absolute Gasteiger partial charge is 0.238 e. The summed E-state index contributed by atoms with van der Waals surface area (Å²) < 4.78 is 28.2. The molecule has 134 valence electrons. The zero-order valence-corrected chi connectivity index (χ0v) is 15.3. The van der Waals surface area contributed by atoms with Crippen LogP contribution < -0.4 is 10.1 Å². The van der Waals surface area contributed by atoms with Crippen molar-refractivity contribution >= 4 is 15.7 Å². The highest BCUT2D eigenvalue weighted by Crippen LogP contribution is 2.26. The maximum absolute atomic E-state index is 12.1. The molecule has 0 aromatic heterocycles. The standard InChI is InChI=1S/C17H26N2O4S/c1-13(24(3,21)22)17(20)18-12-16(19-10-4-5-11-19)14-6-8-15(23-2)9-7-14/h6-9,13,16H,4-5,10-12H2,1-3H3,(H,18,20)/t13-,16-/m0/s1. The van der Waals surface area contributed by atoms with E-state index in [1.54, 1.807) is 7.11 Å². The number of hydrogen-bond donors (Lipinski definition) is 1. The van der Waals surface area contributed by atoms with Crippen molar-refractivity contribution in [1.29, 1.82) is 0 Å². The van der Waals surface area contributed by atoms with Crippen LogP contribution in [0.5, 0.6) is 5.75 Å². The van der Waals surface area contributed by atoms with Gasteiger partial charge in [-0.05, 0) is 50.6 Å². The fourth-order valence-electron chi connectivity index (χ4n) is 2.87. The molecule has 24 heavy (non-hydrogen) atoms. The minimum absolute atomic E-state index is 0.0362. The molecule has 6 nitrogen and oxygen atoms in total. The van der Waals surface area contributed by atoms with E-state index >= 15 is 0 Å². The molecule has 2 rings (SSSR count). The van der Waals surface area contributed by atoms with E-state index in [-0.39, 0.29) is 6.04 Å². The maximum Gasteiger partial charge on any atom is 0.238 e. The molecule has 0 radical (unpaired) electrons. The van der Waals surface area contributed by atoms with E-state index in [1.807, 2.05) is 24.3 Å². The van der Waals surface area contributed by atoms with Gasteiger partial charge in [-0.2, -0.15) is 0 Å². The minimum atomic E-state index is -3.38. The quantitative estimate of drug-likeness (QED) is 0.801. The topological polar surface area (TPSA) is 75.7 Å². The molecule has 0 bridgehead atoms. The highest BCUT2D eigenvalue weighted by molar-refractivity contribution is 7.92. The molecule has 1 amide bonds. The van der Waals surface area contributed by atoms with Gasteiger partial charge in [0.1, 0.15) is 11.0 Å². The fourth-order valence-corrected chi connectivity index (χ4v) is 3.34. The summed E-state index contributed by atoms with van der Waals surface area (Å²) in [5, 5.41) is 1.77. The van der Waals surface area contributed by atoms with Crippen LogP contribution in [0.25, 0.3) is 0 Å². The molecule has 2 atom stereocenters. The summed E-state index contributed by atoms with van der Waals surface area (Å²) >= 11 is 0. The zero-order chi connectivity index (χ0) is 17.7. The second kappa shape index (κ2) is 7.98. The summed E-state index contributed by atoms with van der Waals surface area (Å²) in [4.78, 5) is 14.4. The Kier molecular flexibility index (Phi) is 6.23. The van der Waals surface area contributed by atoms with Crippen LogP contribution in [0, 0.1) is 0 Å². The average Bonchev–Trinajstić information content (AvgIpc) is 3.08. The van der Waals surface area contributed by atoms with Gasteiger partial charge >= 0.3 is 0 Å². The number of hydrogen-bond acceptors (Lipinski definition) is 5. The first kappa shape index (κ1) is 18.7. The van der Waals surface area contributed by atoms with Crippen LogP contribution in [0.15, 0.2) is 24.3 Å². The molecular weight excluding hydrogens is 328 g/mol. The van der Waals surface area contributed by atoms with Crippen LogP contribution in [0.1, 0.15) is 31.4 Å². The summed E-state index contributed by atoms with van der Waals surface area (Å²) in [6, 6.07) is 7.83. The first-order chi connectivity index (χ1) is 11.3. The molecule has 0 unspecified atom stereocenters. The monoisotopic (exact) mass is 354 g/mol. The predicted octanol–water partition coefficient (Wildman–Crippen LogP) is 1.38. The van der Waals surface area contributed by atoms with Gasteiger partial charge in [0.25, 0.3) is 0 Å². The molecule has 0 spiro atoms. The lowest BCUT2D eigenvalue weighted by Crippen LogP contribution is -2.42. The molecule has 1 fully saturated rings. The van der Waals surface area contributed by atoms with Crippen molar-refractivity contribution in [2.24, 2.45) is 0 Å². The maximum atomic E-state index is 12.1. The van der Waals surface area contributed by atoms with Gasteiger partial charge in [0.05, 0.1) is 13.2 Å². The molecule has 1 aliphatic rings. The molecule has 1 saturated heterocycles. The summed E-state index contributed by atoms with van der Waals surface area (Å²) in [7, 11) is -1.76. The molecule has 1 aromatic carbocycles. The van der Waals surface area contributed by atoms with E-state index in [0.29, 0.717) is 6.54 Å². The van der Waals surface area contributed by atoms with E-state index in [1.165, 1.54) is 6.92 Å². The van der Waals surface area contributed by atoms with Crippen molar-refractivity contribution in [2.75, 3.05) is 33.0 Å². The van der Waals surface area contributed by atoms with Crippen LogP contribution in [0.3, 0.4) is 0 Å². The Bertz CT molecular complexity index is 652. The molecule has 7 heteroatoms. The molecule has 0 aliphatic carbocycles. The number of carbonyl (C=O) groups excluding carboxylic acids is 1. The lowest BCUT2D eigenvalue weighted by molar-refractivity contribution is -0.120. The first-order valence-electron chi connectivity index (χ1n) is 8.17. The number of ether oxygens (including phenoxy) is 1. The van der Waals surface area contributed by atoms with Crippen molar-refractivity contribution in [3.05, 3.63) is 29.8 Å². The third-order valence-electron chi connectivity index (χ3n) is 4.56. The van der Waals surface area contributed by atoms with Crippen LogP contribution in [-0.2, 0) is 14.6 Å². The van der Waals surface area contributed by atoms with Gasteiger partial charge in [0.15, 0.2) is 9.84 Å². The largest absolute Gasteiger partial charge is 0.497 e. The van der Waals surface area contributed by atoms with E-state index in [9.17, 15) is 13.2 Å². The van der Waals surface area contributed by atoms with Gasteiger partial charge in [-0.1, -0.05) is 12.1 Å². The average molecular weight is 354 g/mol. The predicted molar refractivity (Wildman–Crippen MR) is 93.9 cm³/mol. The zero-order valence-electron chi connectivity index (χ0n) is 14.5. The second-order valence-corrected chi connectivity index (χ2v) is 8.62. The van der Waals surface area contributed by atoms with Crippen LogP contribution >= 0.6 is 0 Å². The van der Waals surface area contributed by atoms with E-state index in [4.69, 9.17) is 4.74 Å². The SMILES string of the molecule is COc1ccc([C@H](CNC(=O)[C@H](C)S(C)(=O)=O)N2CCCC2)cc1. The number of nitrogens with one attached hydrogen (secondary N) is 1. The van der Waals surface area contributed by atoms with Gasteiger partial charge in [-0.25, -0.2) is 8.42 Å². The Morgan fingerprint density at radius 2 is 1.83 bits per heavy atom. The van der Waals surface area contributed by atoms with Crippen molar-refractivity contribution < 1.29 is 17.9 Å². The molecule has 1 N–H and O–H groups in total. The summed E-state index contributed by atoms with van der Waals surface area (Å²) in [6.45, 7) is 3.77. The van der Waals surface area contributed by atoms with Gasteiger partial charge in [-0.3, -0.25) is 9.69 Å². The Balaban J connectivity index is 2.10. The normalized spacial score (nSPS) is 18.1. The first-order valence-corrected chi connectivity index (χ1v) is 10.1. The van der Waals surface area contributed by atoms with Gasteiger partial charge < -0.3 is 10.1 Å². The Labute approximate surface area is 144 Å². The van der Waals surface area contributed by atoms with Crippen molar-refractivity contribution in [3.63, 3.8) is 0 Å².